The highest BCUT2D eigenvalue weighted by Gasteiger charge is 2.16. The second-order valence-corrected chi connectivity index (χ2v) is 5.65. The van der Waals surface area contributed by atoms with E-state index < -0.39 is 0 Å². The van der Waals surface area contributed by atoms with E-state index in [4.69, 9.17) is 17.3 Å². The van der Waals surface area contributed by atoms with Crippen LogP contribution < -0.4 is 5.73 Å². The lowest BCUT2D eigenvalue weighted by Gasteiger charge is -2.26. The average Bonchev–Trinajstić information content (AvgIpc) is 2.49. The number of hydrogen-bond acceptors (Lipinski definition) is 2. The van der Waals surface area contributed by atoms with Crippen LogP contribution in [0.1, 0.15) is 29.7 Å². The van der Waals surface area contributed by atoms with E-state index in [1.807, 2.05) is 37.4 Å². The van der Waals surface area contributed by atoms with Gasteiger partial charge in [0.1, 0.15) is 5.82 Å². The molecule has 0 aliphatic heterocycles. The molecule has 21 heavy (non-hydrogen) atoms. The Balaban J connectivity index is 2.14. The second kappa shape index (κ2) is 7.03. The van der Waals surface area contributed by atoms with Gasteiger partial charge in [0, 0.05) is 29.7 Å². The van der Waals surface area contributed by atoms with E-state index in [1.165, 1.54) is 6.07 Å². The fourth-order valence-corrected chi connectivity index (χ4v) is 2.60. The maximum absolute atomic E-state index is 14.0. The molecule has 1 unspecified atom stereocenters. The number of halogens is 2. The third kappa shape index (κ3) is 3.82. The first-order chi connectivity index (χ1) is 10.0. The van der Waals surface area contributed by atoms with Crippen LogP contribution in [0.25, 0.3) is 0 Å². The SMILES string of the molecule is CC(c1ccccc1Cl)N(C)Cc1ccc(CN)cc1F. The molecule has 0 fully saturated rings. The monoisotopic (exact) mass is 306 g/mol. The van der Waals surface area contributed by atoms with Gasteiger partial charge in [0.15, 0.2) is 0 Å². The van der Waals surface area contributed by atoms with E-state index in [0.29, 0.717) is 18.7 Å². The number of rotatable bonds is 5. The Morgan fingerprint density at radius 3 is 2.57 bits per heavy atom. The number of hydrogen-bond donors (Lipinski definition) is 1. The second-order valence-electron chi connectivity index (χ2n) is 5.24. The van der Waals surface area contributed by atoms with Crippen LogP contribution in [0.5, 0.6) is 0 Å². The standard InChI is InChI=1S/C17H20ClFN2/c1-12(15-5-3-4-6-16(15)18)21(2)11-14-8-7-13(10-20)9-17(14)19/h3-9,12H,10-11,20H2,1-2H3. The maximum Gasteiger partial charge on any atom is 0.128 e. The zero-order chi connectivity index (χ0) is 15.4. The molecule has 2 aromatic rings. The minimum absolute atomic E-state index is 0.104. The molecule has 0 radical (unpaired) electrons. The Bertz CT molecular complexity index is 615. The van der Waals surface area contributed by atoms with E-state index >= 15 is 0 Å². The summed E-state index contributed by atoms with van der Waals surface area (Å²) in [4.78, 5) is 2.07. The van der Waals surface area contributed by atoms with Crippen molar-refractivity contribution in [3.63, 3.8) is 0 Å². The molecule has 0 saturated heterocycles. The smallest absolute Gasteiger partial charge is 0.128 e. The summed E-state index contributed by atoms with van der Waals surface area (Å²) in [5, 5.41) is 0.732. The lowest BCUT2D eigenvalue weighted by atomic mass is 10.1. The Labute approximate surface area is 130 Å². The quantitative estimate of drug-likeness (QED) is 0.900. The van der Waals surface area contributed by atoms with Crippen molar-refractivity contribution < 1.29 is 4.39 Å². The fourth-order valence-electron chi connectivity index (χ4n) is 2.30. The average molecular weight is 307 g/mol. The van der Waals surface area contributed by atoms with Crippen molar-refractivity contribution in [3.8, 4) is 0 Å². The Kier molecular flexibility index (Phi) is 5.34. The van der Waals surface area contributed by atoms with Gasteiger partial charge in [0.05, 0.1) is 0 Å². The predicted molar refractivity (Wildman–Crippen MR) is 85.6 cm³/mol. The molecule has 1 atom stereocenters. The lowest BCUT2D eigenvalue weighted by molar-refractivity contribution is 0.249. The fraction of sp³-hybridized carbons (Fsp3) is 0.294. The molecule has 0 bridgehead atoms. The molecule has 0 aromatic heterocycles. The highest BCUT2D eigenvalue weighted by molar-refractivity contribution is 6.31. The van der Waals surface area contributed by atoms with Crippen LogP contribution in [0.15, 0.2) is 42.5 Å². The van der Waals surface area contributed by atoms with Crippen molar-refractivity contribution in [3.05, 3.63) is 70.0 Å². The van der Waals surface area contributed by atoms with Crippen molar-refractivity contribution >= 4 is 11.6 Å². The molecule has 0 saturated carbocycles. The number of nitrogens with zero attached hydrogens (tertiary/aromatic N) is 1. The predicted octanol–water partition coefficient (Wildman–Crippen LogP) is 4.13. The van der Waals surface area contributed by atoms with E-state index in [1.54, 1.807) is 6.07 Å². The maximum atomic E-state index is 14.0. The van der Waals surface area contributed by atoms with Crippen molar-refractivity contribution in [2.75, 3.05) is 7.05 Å². The van der Waals surface area contributed by atoms with Crippen LogP contribution in [-0.2, 0) is 13.1 Å². The summed E-state index contributed by atoms with van der Waals surface area (Å²) in [5.74, 6) is -0.212. The molecule has 0 spiro atoms. The topological polar surface area (TPSA) is 29.3 Å². The molecule has 2 N–H and O–H groups in total. The summed E-state index contributed by atoms with van der Waals surface area (Å²) >= 11 is 6.22. The molecule has 4 heteroatoms. The lowest BCUT2D eigenvalue weighted by Crippen LogP contribution is -2.22. The van der Waals surface area contributed by atoms with Gasteiger partial charge in [0.25, 0.3) is 0 Å². The first kappa shape index (κ1) is 16.0. The minimum Gasteiger partial charge on any atom is -0.326 e. The van der Waals surface area contributed by atoms with Crippen molar-refractivity contribution in [2.24, 2.45) is 5.73 Å². The van der Waals surface area contributed by atoms with Crippen molar-refractivity contribution in [1.29, 1.82) is 0 Å². The van der Waals surface area contributed by atoms with E-state index in [9.17, 15) is 4.39 Å². The van der Waals surface area contributed by atoms with Crippen LogP contribution in [0.2, 0.25) is 5.02 Å². The normalized spacial score (nSPS) is 12.7. The van der Waals surface area contributed by atoms with Crippen LogP contribution in [0, 0.1) is 5.82 Å². The number of benzene rings is 2. The first-order valence-corrected chi connectivity index (χ1v) is 7.32. The summed E-state index contributed by atoms with van der Waals surface area (Å²) in [6.07, 6.45) is 0. The van der Waals surface area contributed by atoms with E-state index in [2.05, 4.69) is 11.8 Å². The van der Waals surface area contributed by atoms with E-state index in [-0.39, 0.29) is 11.9 Å². The zero-order valence-electron chi connectivity index (χ0n) is 12.3. The molecule has 2 aromatic carbocycles. The van der Waals surface area contributed by atoms with Crippen LogP contribution >= 0.6 is 11.6 Å². The Morgan fingerprint density at radius 2 is 1.95 bits per heavy atom. The van der Waals surface area contributed by atoms with Crippen LogP contribution in [0.4, 0.5) is 4.39 Å². The highest BCUT2D eigenvalue weighted by atomic mass is 35.5. The molecular weight excluding hydrogens is 287 g/mol. The van der Waals surface area contributed by atoms with E-state index in [0.717, 1.165) is 16.1 Å². The Morgan fingerprint density at radius 1 is 1.24 bits per heavy atom. The molecule has 0 aliphatic rings. The third-order valence-electron chi connectivity index (χ3n) is 3.79. The van der Waals surface area contributed by atoms with Gasteiger partial charge >= 0.3 is 0 Å². The largest absolute Gasteiger partial charge is 0.326 e. The molecule has 0 heterocycles. The van der Waals surface area contributed by atoms with Gasteiger partial charge < -0.3 is 5.73 Å². The summed E-state index contributed by atoms with van der Waals surface area (Å²) in [6, 6.07) is 13.0. The van der Waals surface area contributed by atoms with Crippen LogP contribution in [0.3, 0.4) is 0 Å². The molecule has 2 rings (SSSR count). The minimum atomic E-state index is -0.212. The van der Waals surface area contributed by atoms with Gasteiger partial charge in [-0.05, 0) is 37.2 Å². The van der Waals surface area contributed by atoms with Gasteiger partial charge in [-0.25, -0.2) is 4.39 Å². The first-order valence-electron chi connectivity index (χ1n) is 6.95. The summed E-state index contributed by atoms with van der Waals surface area (Å²) in [6.45, 7) is 2.93. The van der Waals surface area contributed by atoms with Gasteiger partial charge in [-0.15, -0.1) is 0 Å². The molecular formula is C17H20ClFN2. The third-order valence-corrected chi connectivity index (χ3v) is 4.13. The Hall–Kier alpha value is -1.42. The zero-order valence-corrected chi connectivity index (χ0v) is 13.1. The van der Waals surface area contributed by atoms with Gasteiger partial charge in [0.2, 0.25) is 0 Å². The van der Waals surface area contributed by atoms with Crippen LogP contribution in [-0.4, -0.2) is 11.9 Å². The molecule has 0 amide bonds. The molecule has 112 valence electrons. The van der Waals surface area contributed by atoms with Gasteiger partial charge in [-0.2, -0.15) is 0 Å². The molecule has 0 aliphatic carbocycles. The van der Waals surface area contributed by atoms with Gasteiger partial charge in [-0.3, -0.25) is 4.90 Å². The summed E-state index contributed by atoms with van der Waals surface area (Å²) in [7, 11) is 1.96. The summed E-state index contributed by atoms with van der Waals surface area (Å²) in [5.41, 5.74) is 8.03. The van der Waals surface area contributed by atoms with Crippen molar-refractivity contribution in [2.45, 2.75) is 26.1 Å². The van der Waals surface area contributed by atoms with Gasteiger partial charge in [-0.1, -0.05) is 41.9 Å². The number of nitrogens with two attached hydrogens (primary N) is 1. The summed E-state index contributed by atoms with van der Waals surface area (Å²) < 4.78 is 14.0. The van der Waals surface area contributed by atoms with Crippen molar-refractivity contribution in [1.82, 2.24) is 4.90 Å². The molecule has 2 nitrogen and oxygen atoms in total. The highest BCUT2D eigenvalue weighted by Crippen LogP contribution is 2.27.